The zero-order chi connectivity index (χ0) is 13.7. The SMILES string of the molecule is COc1cc(C)c(/C(C)=C/C=C/C(=O)O)cc1Cl. The number of benzene rings is 1. The minimum atomic E-state index is -0.969. The van der Waals surface area contributed by atoms with Crippen LogP contribution in [0.3, 0.4) is 0 Å². The van der Waals surface area contributed by atoms with Gasteiger partial charge in [-0.15, -0.1) is 0 Å². The van der Waals surface area contributed by atoms with E-state index in [1.807, 2.05) is 26.0 Å². The summed E-state index contributed by atoms with van der Waals surface area (Å²) in [5, 5.41) is 9.05. The fourth-order valence-electron chi connectivity index (χ4n) is 1.60. The number of carbonyl (C=O) groups is 1. The van der Waals surface area contributed by atoms with Crippen LogP contribution in [0.25, 0.3) is 5.57 Å². The highest BCUT2D eigenvalue weighted by atomic mass is 35.5. The number of methoxy groups -OCH3 is 1. The summed E-state index contributed by atoms with van der Waals surface area (Å²) in [4.78, 5) is 10.4. The van der Waals surface area contributed by atoms with Gasteiger partial charge in [0.25, 0.3) is 0 Å². The topological polar surface area (TPSA) is 46.5 Å². The quantitative estimate of drug-likeness (QED) is 0.668. The van der Waals surface area contributed by atoms with Gasteiger partial charge in [0, 0.05) is 6.08 Å². The Balaban J connectivity index is 3.10. The number of aryl methyl sites for hydroxylation is 1. The van der Waals surface area contributed by atoms with Crippen molar-refractivity contribution in [2.24, 2.45) is 0 Å². The summed E-state index contributed by atoms with van der Waals surface area (Å²) >= 11 is 6.07. The van der Waals surface area contributed by atoms with Gasteiger partial charge in [-0.3, -0.25) is 0 Å². The van der Waals surface area contributed by atoms with Crippen molar-refractivity contribution in [2.75, 3.05) is 7.11 Å². The number of hydrogen-bond donors (Lipinski definition) is 1. The molecule has 1 aromatic rings. The van der Waals surface area contributed by atoms with E-state index in [-0.39, 0.29) is 0 Å². The fraction of sp³-hybridized carbons (Fsp3) is 0.214. The maximum absolute atomic E-state index is 10.4. The van der Waals surface area contributed by atoms with Gasteiger partial charge in [-0.25, -0.2) is 4.79 Å². The Hall–Kier alpha value is -1.74. The number of ether oxygens (including phenoxy) is 1. The average molecular weight is 267 g/mol. The molecule has 0 aromatic heterocycles. The molecule has 1 N–H and O–H groups in total. The molecule has 0 amide bonds. The van der Waals surface area contributed by atoms with Crippen LogP contribution < -0.4 is 4.74 Å². The highest BCUT2D eigenvalue weighted by Gasteiger charge is 2.07. The first-order valence-corrected chi connectivity index (χ1v) is 5.76. The van der Waals surface area contributed by atoms with Gasteiger partial charge in [0.2, 0.25) is 0 Å². The van der Waals surface area contributed by atoms with Crippen molar-refractivity contribution in [1.29, 1.82) is 0 Å². The van der Waals surface area contributed by atoms with Gasteiger partial charge in [0.15, 0.2) is 0 Å². The Morgan fingerprint density at radius 3 is 2.67 bits per heavy atom. The molecule has 0 unspecified atom stereocenters. The maximum atomic E-state index is 10.4. The number of halogens is 1. The summed E-state index contributed by atoms with van der Waals surface area (Å²) < 4.78 is 5.13. The van der Waals surface area contributed by atoms with Gasteiger partial charge in [-0.1, -0.05) is 23.8 Å². The highest BCUT2D eigenvalue weighted by Crippen LogP contribution is 2.31. The summed E-state index contributed by atoms with van der Waals surface area (Å²) in [7, 11) is 1.57. The average Bonchev–Trinajstić information content (AvgIpc) is 2.30. The molecule has 96 valence electrons. The van der Waals surface area contributed by atoms with E-state index in [1.165, 1.54) is 6.08 Å². The van der Waals surface area contributed by atoms with Gasteiger partial charge in [0.05, 0.1) is 12.1 Å². The van der Waals surface area contributed by atoms with E-state index in [0.717, 1.165) is 22.8 Å². The van der Waals surface area contributed by atoms with E-state index in [9.17, 15) is 4.79 Å². The van der Waals surface area contributed by atoms with Gasteiger partial charge in [-0.05, 0) is 42.7 Å². The van der Waals surface area contributed by atoms with Gasteiger partial charge in [-0.2, -0.15) is 0 Å². The molecule has 0 heterocycles. The molecule has 18 heavy (non-hydrogen) atoms. The maximum Gasteiger partial charge on any atom is 0.328 e. The molecule has 3 nitrogen and oxygen atoms in total. The van der Waals surface area contributed by atoms with E-state index in [4.69, 9.17) is 21.4 Å². The van der Waals surface area contributed by atoms with Crippen LogP contribution in [-0.2, 0) is 4.79 Å². The van der Waals surface area contributed by atoms with Crippen LogP contribution >= 0.6 is 11.6 Å². The molecule has 1 rings (SSSR count). The zero-order valence-electron chi connectivity index (χ0n) is 10.5. The van der Waals surface area contributed by atoms with E-state index >= 15 is 0 Å². The van der Waals surface area contributed by atoms with Crippen molar-refractivity contribution >= 4 is 23.1 Å². The lowest BCUT2D eigenvalue weighted by Gasteiger charge is -2.10. The van der Waals surface area contributed by atoms with E-state index < -0.39 is 5.97 Å². The minimum Gasteiger partial charge on any atom is -0.495 e. The second kappa shape index (κ2) is 6.26. The Bertz CT molecular complexity index is 516. The first-order chi connectivity index (χ1) is 8.45. The minimum absolute atomic E-state index is 0.535. The van der Waals surface area contributed by atoms with Crippen LogP contribution in [0.5, 0.6) is 5.75 Å². The third-order valence-corrected chi connectivity index (χ3v) is 2.80. The standard InChI is InChI=1S/C14H15ClO3/c1-9(5-4-6-14(16)17)11-8-12(15)13(18-3)7-10(11)2/h4-8H,1-3H3,(H,16,17)/b6-4+,9-5+. The van der Waals surface area contributed by atoms with Gasteiger partial charge < -0.3 is 9.84 Å². The number of carboxylic acid groups (broad SMARTS) is 1. The molecule has 0 saturated heterocycles. The van der Waals surface area contributed by atoms with Crippen LogP contribution in [0, 0.1) is 6.92 Å². The van der Waals surface area contributed by atoms with Gasteiger partial charge >= 0.3 is 5.97 Å². The molecule has 0 bridgehead atoms. The van der Waals surface area contributed by atoms with Crippen LogP contribution in [-0.4, -0.2) is 18.2 Å². The monoisotopic (exact) mass is 266 g/mol. The second-order valence-corrected chi connectivity index (χ2v) is 4.26. The second-order valence-electron chi connectivity index (χ2n) is 3.85. The third kappa shape index (κ3) is 3.64. The predicted octanol–water partition coefficient (Wildman–Crippen LogP) is 3.70. The summed E-state index contributed by atoms with van der Waals surface area (Å²) in [6.07, 6.45) is 4.32. The molecule has 1 aromatic carbocycles. The van der Waals surface area contributed by atoms with Crippen LogP contribution in [0.2, 0.25) is 5.02 Å². The predicted molar refractivity (Wildman–Crippen MR) is 73.2 cm³/mol. The van der Waals surface area contributed by atoms with Crippen LogP contribution in [0.4, 0.5) is 0 Å². The molecule has 0 aliphatic heterocycles. The smallest absolute Gasteiger partial charge is 0.328 e. The Morgan fingerprint density at radius 1 is 1.44 bits per heavy atom. The molecule has 0 saturated carbocycles. The molecule has 4 heteroatoms. The molecule has 0 radical (unpaired) electrons. The first kappa shape index (κ1) is 14.3. The van der Waals surface area contributed by atoms with Crippen molar-refractivity contribution in [2.45, 2.75) is 13.8 Å². The van der Waals surface area contributed by atoms with E-state index in [0.29, 0.717) is 10.8 Å². The number of carboxylic acids is 1. The zero-order valence-corrected chi connectivity index (χ0v) is 11.3. The first-order valence-electron chi connectivity index (χ1n) is 5.38. The highest BCUT2D eigenvalue weighted by molar-refractivity contribution is 6.32. The Kier molecular flexibility index (Phi) is 4.98. The Morgan fingerprint density at radius 2 is 2.11 bits per heavy atom. The molecule has 0 aliphatic rings. The third-order valence-electron chi connectivity index (χ3n) is 2.51. The van der Waals surface area contributed by atoms with Gasteiger partial charge in [0.1, 0.15) is 5.75 Å². The van der Waals surface area contributed by atoms with E-state index in [2.05, 4.69) is 0 Å². The van der Waals surface area contributed by atoms with Crippen molar-refractivity contribution in [1.82, 2.24) is 0 Å². The molecule has 0 atom stereocenters. The number of rotatable bonds is 4. The van der Waals surface area contributed by atoms with Crippen molar-refractivity contribution in [3.8, 4) is 5.75 Å². The lowest BCUT2D eigenvalue weighted by Crippen LogP contribution is -1.91. The summed E-state index contributed by atoms with van der Waals surface area (Å²) in [5.74, 6) is -0.338. The summed E-state index contributed by atoms with van der Waals surface area (Å²) in [5.41, 5.74) is 2.93. The molecule has 0 spiro atoms. The van der Waals surface area contributed by atoms with Crippen LogP contribution in [0.1, 0.15) is 18.1 Å². The lowest BCUT2D eigenvalue weighted by atomic mass is 10.0. The molecular formula is C14H15ClO3. The normalized spacial score (nSPS) is 11.9. The lowest BCUT2D eigenvalue weighted by molar-refractivity contribution is -0.131. The molecule has 0 aliphatic carbocycles. The van der Waals surface area contributed by atoms with Crippen LogP contribution in [0.15, 0.2) is 30.4 Å². The molecular weight excluding hydrogens is 252 g/mol. The number of aliphatic carboxylic acids is 1. The molecule has 0 fully saturated rings. The number of hydrogen-bond acceptors (Lipinski definition) is 2. The Labute approximate surface area is 111 Å². The number of allylic oxidation sites excluding steroid dienone is 3. The van der Waals surface area contributed by atoms with Crippen molar-refractivity contribution in [3.05, 3.63) is 46.5 Å². The van der Waals surface area contributed by atoms with Crippen molar-refractivity contribution < 1.29 is 14.6 Å². The fourth-order valence-corrected chi connectivity index (χ4v) is 1.84. The van der Waals surface area contributed by atoms with E-state index in [1.54, 1.807) is 13.2 Å². The summed E-state index contributed by atoms with van der Waals surface area (Å²) in [6.45, 7) is 3.85. The van der Waals surface area contributed by atoms with Crippen molar-refractivity contribution in [3.63, 3.8) is 0 Å². The largest absolute Gasteiger partial charge is 0.495 e. The summed E-state index contributed by atoms with van der Waals surface area (Å²) in [6, 6.07) is 3.67.